The molecule has 0 aromatic rings. The molecular formula is C5H10INO. The topological polar surface area (TPSA) is 29.4 Å². The smallest absolute Gasteiger partial charge is 0.0814 e. The Morgan fingerprint density at radius 2 is 2.38 bits per heavy atom. The van der Waals surface area contributed by atoms with Crippen LogP contribution in [0.15, 0.2) is 5.18 Å². The molecule has 1 unspecified atom stereocenters. The van der Waals surface area contributed by atoms with E-state index in [0.717, 1.165) is 10.8 Å². The van der Waals surface area contributed by atoms with Gasteiger partial charge in [0, 0.05) is 4.43 Å². The van der Waals surface area contributed by atoms with Crippen molar-refractivity contribution in [2.75, 3.05) is 11.0 Å². The second-order valence-corrected chi connectivity index (χ2v) is 2.78. The van der Waals surface area contributed by atoms with E-state index in [1.54, 1.807) is 0 Å². The van der Waals surface area contributed by atoms with E-state index in [1.165, 1.54) is 0 Å². The maximum absolute atomic E-state index is 9.57. The highest BCUT2D eigenvalue weighted by molar-refractivity contribution is 14.1. The van der Waals surface area contributed by atoms with Gasteiger partial charge in [-0.05, 0) is 12.3 Å². The van der Waals surface area contributed by atoms with E-state index in [0.29, 0.717) is 12.5 Å². The van der Waals surface area contributed by atoms with Crippen LogP contribution in [0.3, 0.4) is 0 Å². The Bertz CT molecular complexity index is 67.4. The van der Waals surface area contributed by atoms with Crippen molar-refractivity contribution in [3.63, 3.8) is 0 Å². The van der Waals surface area contributed by atoms with Crippen LogP contribution in [0.25, 0.3) is 0 Å². The van der Waals surface area contributed by atoms with Crippen LogP contribution >= 0.6 is 22.6 Å². The number of hydrogen-bond donors (Lipinski definition) is 0. The zero-order valence-electron chi connectivity index (χ0n) is 4.93. The zero-order valence-corrected chi connectivity index (χ0v) is 7.09. The Morgan fingerprint density at radius 1 is 1.75 bits per heavy atom. The number of nitrogens with zero attached hydrogens (tertiary/aromatic N) is 1. The van der Waals surface area contributed by atoms with Crippen LogP contribution in [0.2, 0.25) is 0 Å². The van der Waals surface area contributed by atoms with E-state index >= 15 is 0 Å². The number of nitroso groups, excluding NO2 is 1. The highest BCUT2D eigenvalue weighted by Gasteiger charge is 1.96. The van der Waals surface area contributed by atoms with E-state index in [2.05, 4.69) is 34.7 Å². The summed E-state index contributed by atoms with van der Waals surface area (Å²) in [7, 11) is 0. The van der Waals surface area contributed by atoms with Gasteiger partial charge in [0.15, 0.2) is 0 Å². The van der Waals surface area contributed by atoms with Gasteiger partial charge < -0.3 is 0 Å². The lowest BCUT2D eigenvalue weighted by Gasteiger charge is -2.00. The third-order valence-corrected chi connectivity index (χ3v) is 2.48. The molecule has 0 saturated heterocycles. The Labute approximate surface area is 63.2 Å². The number of hydrogen-bond acceptors (Lipinski definition) is 2. The van der Waals surface area contributed by atoms with Crippen LogP contribution in [-0.2, 0) is 0 Å². The van der Waals surface area contributed by atoms with E-state index in [-0.39, 0.29) is 0 Å². The summed E-state index contributed by atoms with van der Waals surface area (Å²) >= 11 is 2.31. The molecule has 0 radical (unpaired) electrons. The van der Waals surface area contributed by atoms with Crippen molar-refractivity contribution < 1.29 is 0 Å². The van der Waals surface area contributed by atoms with Gasteiger partial charge in [-0.3, -0.25) is 0 Å². The highest BCUT2D eigenvalue weighted by atomic mass is 127. The van der Waals surface area contributed by atoms with Crippen molar-refractivity contribution >= 4 is 22.6 Å². The summed E-state index contributed by atoms with van der Waals surface area (Å²) < 4.78 is 1.12. The van der Waals surface area contributed by atoms with Crippen LogP contribution in [0.1, 0.15) is 13.3 Å². The average molecular weight is 227 g/mol. The second-order valence-electron chi connectivity index (χ2n) is 1.90. The largest absolute Gasteiger partial charge is 0.151 e. The molecule has 0 aromatic carbocycles. The first-order chi connectivity index (χ1) is 3.81. The molecule has 1 atom stereocenters. The van der Waals surface area contributed by atoms with Crippen molar-refractivity contribution in [2.24, 2.45) is 11.1 Å². The SMILES string of the molecule is CC(CI)CCN=O. The predicted molar refractivity (Wildman–Crippen MR) is 43.3 cm³/mol. The van der Waals surface area contributed by atoms with Crippen LogP contribution in [0, 0.1) is 10.8 Å². The third-order valence-electron chi connectivity index (χ3n) is 0.977. The van der Waals surface area contributed by atoms with Gasteiger partial charge in [-0.1, -0.05) is 34.7 Å². The maximum Gasteiger partial charge on any atom is 0.0814 e. The minimum Gasteiger partial charge on any atom is -0.151 e. The molecule has 8 heavy (non-hydrogen) atoms. The molecule has 0 saturated carbocycles. The van der Waals surface area contributed by atoms with Gasteiger partial charge in [0.2, 0.25) is 0 Å². The Hall–Kier alpha value is 0.330. The molecule has 0 rings (SSSR count). The molecule has 0 heterocycles. The fourth-order valence-corrected chi connectivity index (χ4v) is 0.791. The first-order valence-electron chi connectivity index (χ1n) is 2.66. The summed E-state index contributed by atoms with van der Waals surface area (Å²) in [5.41, 5.74) is 0. The lowest BCUT2D eigenvalue weighted by Crippen LogP contribution is -1.96. The second kappa shape index (κ2) is 5.47. The van der Waals surface area contributed by atoms with Crippen molar-refractivity contribution in [1.82, 2.24) is 0 Å². The number of alkyl halides is 1. The molecule has 0 bridgehead atoms. The van der Waals surface area contributed by atoms with Gasteiger partial charge in [0.05, 0.1) is 6.54 Å². The first-order valence-corrected chi connectivity index (χ1v) is 4.19. The number of rotatable bonds is 4. The monoisotopic (exact) mass is 227 g/mol. The summed E-state index contributed by atoms with van der Waals surface area (Å²) in [6, 6.07) is 0. The van der Waals surface area contributed by atoms with Crippen molar-refractivity contribution in [3.8, 4) is 0 Å². The van der Waals surface area contributed by atoms with Crippen molar-refractivity contribution in [1.29, 1.82) is 0 Å². The van der Waals surface area contributed by atoms with Crippen molar-refractivity contribution in [3.05, 3.63) is 4.91 Å². The molecule has 0 aliphatic carbocycles. The summed E-state index contributed by atoms with van der Waals surface area (Å²) in [5, 5.41) is 2.77. The summed E-state index contributed by atoms with van der Waals surface area (Å²) in [6.45, 7) is 2.60. The van der Waals surface area contributed by atoms with Crippen LogP contribution in [0.5, 0.6) is 0 Å². The lowest BCUT2D eigenvalue weighted by molar-refractivity contribution is 0.613. The number of halogens is 1. The summed E-state index contributed by atoms with van der Waals surface area (Å²) in [6.07, 6.45) is 0.937. The summed E-state index contributed by atoms with van der Waals surface area (Å²) in [4.78, 5) is 9.57. The van der Waals surface area contributed by atoms with Crippen LogP contribution in [0.4, 0.5) is 0 Å². The molecule has 2 nitrogen and oxygen atoms in total. The molecule has 3 heteroatoms. The van der Waals surface area contributed by atoms with Crippen LogP contribution in [-0.4, -0.2) is 11.0 Å². The van der Waals surface area contributed by atoms with Gasteiger partial charge in [0.25, 0.3) is 0 Å². The minimum atomic E-state index is 0.476. The molecule has 0 aliphatic rings. The molecule has 48 valence electrons. The maximum atomic E-state index is 9.57. The standard InChI is InChI=1S/C5H10INO/c1-5(4-6)2-3-7-8/h5H,2-4H2,1H3. The molecule has 0 spiro atoms. The third kappa shape index (κ3) is 4.49. The van der Waals surface area contributed by atoms with E-state index in [9.17, 15) is 4.91 Å². The normalized spacial score (nSPS) is 13.2. The molecular weight excluding hydrogens is 217 g/mol. The molecule has 0 fully saturated rings. The fourth-order valence-electron chi connectivity index (χ4n) is 0.350. The van der Waals surface area contributed by atoms with E-state index < -0.39 is 0 Å². The highest BCUT2D eigenvalue weighted by Crippen LogP contribution is 2.04. The average Bonchev–Trinajstić information content (AvgIpc) is 1.83. The van der Waals surface area contributed by atoms with Crippen molar-refractivity contribution in [2.45, 2.75) is 13.3 Å². The quantitative estimate of drug-likeness (QED) is 0.411. The Balaban J connectivity index is 2.97. The van der Waals surface area contributed by atoms with Crippen LogP contribution < -0.4 is 0 Å². The zero-order chi connectivity index (χ0) is 6.41. The molecule has 0 amide bonds. The van der Waals surface area contributed by atoms with Gasteiger partial charge >= 0.3 is 0 Å². The van der Waals surface area contributed by atoms with E-state index in [4.69, 9.17) is 0 Å². The van der Waals surface area contributed by atoms with Gasteiger partial charge in [-0.2, -0.15) is 4.91 Å². The van der Waals surface area contributed by atoms with Gasteiger partial charge in [0.1, 0.15) is 0 Å². The molecule has 0 aromatic heterocycles. The molecule has 0 N–H and O–H groups in total. The van der Waals surface area contributed by atoms with Gasteiger partial charge in [-0.25, -0.2) is 0 Å². The Morgan fingerprint density at radius 3 is 2.75 bits per heavy atom. The van der Waals surface area contributed by atoms with E-state index in [1.807, 2.05) is 0 Å². The summed E-state index contributed by atoms with van der Waals surface area (Å²) in [5.74, 6) is 0.647. The first kappa shape index (κ1) is 8.33. The minimum absolute atomic E-state index is 0.476. The van der Waals surface area contributed by atoms with Gasteiger partial charge in [-0.15, -0.1) is 0 Å². The predicted octanol–water partition coefficient (Wildman–Crippen LogP) is 2.21. The lowest BCUT2D eigenvalue weighted by atomic mass is 10.1. The fraction of sp³-hybridized carbons (Fsp3) is 1.00. The Kier molecular flexibility index (Phi) is 5.69. The molecule has 0 aliphatic heterocycles.